The zero-order valence-electron chi connectivity index (χ0n) is 9.33. The standard InChI is InChI=1S/C13H19NO/c1-2-11-5-7-13(8-6-11)15-10-12-4-3-9-14-12/h5-8,12,14H,2-4,9-10H2,1H3. The van der Waals surface area contributed by atoms with E-state index < -0.39 is 0 Å². The third-order valence-electron chi connectivity index (χ3n) is 2.95. The highest BCUT2D eigenvalue weighted by molar-refractivity contribution is 5.27. The Bertz CT molecular complexity index is 288. The van der Waals surface area contributed by atoms with Gasteiger partial charge in [0.1, 0.15) is 12.4 Å². The Morgan fingerprint density at radius 3 is 2.73 bits per heavy atom. The Morgan fingerprint density at radius 2 is 2.13 bits per heavy atom. The Morgan fingerprint density at radius 1 is 1.33 bits per heavy atom. The molecule has 1 unspecified atom stereocenters. The van der Waals surface area contributed by atoms with E-state index in [9.17, 15) is 0 Å². The van der Waals surface area contributed by atoms with Gasteiger partial charge in [0.15, 0.2) is 0 Å². The fraction of sp³-hybridized carbons (Fsp3) is 0.538. The van der Waals surface area contributed by atoms with Gasteiger partial charge in [-0.1, -0.05) is 19.1 Å². The summed E-state index contributed by atoms with van der Waals surface area (Å²) in [4.78, 5) is 0. The first-order valence-corrected chi connectivity index (χ1v) is 5.83. The van der Waals surface area contributed by atoms with Gasteiger partial charge in [-0.2, -0.15) is 0 Å². The van der Waals surface area contributed by atoms with Crippen LogP contribution in [0, 0.1) is 0 Å². The molecule has 1 N–H and O–H groups in total. The highest BCUT2D eigenvalue weighted by Gasteiger charge is 2.13. The lowest BCUT2D eigenvalue weighted by Crippen LogP contribution is -2.28. The second kappa shape index (κ2) is 5.17. The van der Waals surface area contributed by atoms with Crippen molar-refractivity contribution in [1.29, 1.82) is 0 Å². The Balaban J connectivity index is 1.82. The van der Waals surface area contributed by atoms with Crippen LogP contribution in [0.2, 0.25) is 0 Å². The number of ether oxygens (including phenoxy) is 1. The van der Waals surface area contributed by atoms with Gasteiger partial charge in [0, 0.05) is 6.04 Å². The van der Waals surface area contributed by atoms with Crippen molar-refractivity contribution in [2.45, 2.75) is 32.2 Å². The van der Waals surface area contributed by atoms with E-state index in [1.54, 1.807) is 0 Å². The third-order valence-corrected chi connectivity index (χ3v) is 2.95. The maximum absolute atomic E-state index is 5.73. The molecular weight excluding hydrogens is 186 g/mol. The highest BCUT2D eigenvalue weighted by atomic mass is 16.5. The van der Waals surface area contributed by atoms with Crippen LogP contribution in [0.1, 0.15) is 25.3 Å². The normalized spacial score (nSPS) is 20.5. The van der Waals surface area contributed by atoms with E-state index in [1.807, 2.05) is 0 Å². The molecule has 0 aliphatic carbocycles. The molecule has 1 heterocycles. The molecule has 1 fully saturated rings. The molecule has 1 aliphatic rings. The van der Waals surface area contributed by atoms with Crippen molar-refractivity contribution in [3.8, 4) is 5.75 Å². The molecule has 0 bridgehead atoms. The molecule has 0 aromatic heterocycles. The third kappa shape index (κ3) is 2.96. The maximum atomic E-state index is 5.73. The number of hydrogen-bond donors (Lipinski definition) is 1. The number of benzene rings is 1. The topological polar surface area (TPSA) is 21.3 Å². The average molecular weight is 205 g/mol. The number of rotatable bonds is 4. The van der Waals surface area contributed by atoms with Crippen LogP contribution in [-0.2, 0) is 6.42 Å². The second-order valence-electron chi connectivity index (χ2n) is 4.10. The van der Waals surface area contributed by atoms with Crippen molar-refractivity contribution in [2.75, 3.05) is 13.2 Å². The molecule has 0 radical (unpaired) electrons. The van der Waals surface area contributed by atoms with Crippen LogP contribution in [0.5, 0.6) is 5.75 Å². The fourth-order valence-electron chi connectivity index (χ4n) is 1.92. The van der Waals surface area contributed by atoms with Gasteiger partial charge in [-0.3, -0.25) is 0 Å². The summed E-state index contributed by atoms with van der Waals surface area (Å²) in [5.41, 5.74) is 1.36. The van der Waals surface area contributed by atoms with Crippen molar-refractivity contribution in [3.05, 3.63) is 29.8 Å². The van der Waals surface area contributed by atoms with Crippen LogP contribution in [-0.4, -0.2) is 19.2 Å². The van der Waals surface area contributed by atoms with E-state index in [-0.39, 0.29) is 0 Å². The quantitative estimate of drug-likeness (QED) is 0.815. The second-order valence-corrected chi connectivity index (χ2v) is 4.10. The Labute approximate surface area is 91.6 Å². The first-order valence-electron chi connectivity index (χ1n) is 5.83. The zero-order valence-corrected chi connectivity index (χ0v) is 9.33. The molecule has 0 spiro atoms. The predicted octanol–water partition coefficient (Wildman–Crippen LogP) is 2.38. The van der Waals surface area contributed by atoms with Crippen LogP contribution < -0.4 is 10.1 Å². The molecule has 82 valence electrons. The summed E-state index contributed by atoms with van der Waals surface area (Å²) in [6.07, 6.45) is 3.61. The van der Waals surface area contributed by atoms with Crippen LogP contribution in [0.3, 0.4) is 0 Å². The summed E-state index contributed by atoms with van der Waals surface area (Å²) >= 11 is 0. The van der Waals surface area contributed by atoms with Gasteiger partial charge in [-0.05, 0) is 43.5 Å². The van der Waals surface area contributed by atoms with Crippen LogP contribution in [0.25, 0.3) is 0 Å². The van der Waals surface area contributed by atoms with Gasteiger partial charge in [-0.25, -0.2) is 0 Å². The van der Waals surface area contributed by atoms with E-state index in [0.717, 1.165) is 25.3 Å². The molecule has 1 atom stereocenters. The van der Waals surface area contributed by atoms with Crippen molar-refractivity contribution in [2.24, 2.45) is 0 Å². The van der Waals surface area contributed by atoms with Crippen molar-refractivity contribution >= 4 is 0 Å². The first kappa shape index (κ1) is 10.5. The summed E-state index contributed by atoms with van der Waals surface area (Å²) in [5.74, 6) is 0.987. The smallest absolute Gasteiger partial charge is 0.119 e. The van der Waals surface area contributed by atoms with E-state index in [4.69, 9.17) is 4.74 Å². The Hall–Kier alpha value is -1.02. The number of nitrogens with one attached hydrogen (secondary N) is 1. The SMILES string of the molecule is CCc1ccc(OCC2CCCN2)cc1. The Kier molecular flexibility index (Phi) is 3.62. The fourth-order valence-corrected chi connectivity index (χ4v) is 1.92. The number of hydrogen-bond acceptors (Lipinski definition) is 2. The van der Waals surface area contributed by atoms with Crippen LogP contribution >= 0.6 is 0 Å². The lowest BCUT2D eigenvalue weighted by Gasteiger charge is -2.12. The molecular formula is C13H19NO. The monoisotopic (exact) mass is 205 g/mol. The van der Waals surface area contributed by atoms with Gasteiger partial charge in [-0.15, -0.1) is 0 Å². The minimum absolute atomic E-state index is 0.552. The molecule has 15 heavy (non-hydrogen) atoms. The van der Waals surface area contributed by atoms with E-state index in [1.165, 1.54) is 18.4 Å². The molecule has 2 rings (SSSR count). The molecule has 0 amide bonds. The van der Waals surface area contributed by atoms with Crippen molar-refractivity contribution in [3.63, 3.8) is 0 Å². The van der Waals surface area contributed by atoms with Gasteiger partial charge in [0.2, 0.25) is 0 Å². The highest BCUT2D eigenvalue weighted by Crippen LogP contribution is 2.14. The zero-order chi connectivity index (χ0) is 10.5. The molecule has 1 aliphatic heterocycles. The lowest BCUT2D eigenvalue weighted by atomic mass is 10.2. The van der Waals surface area contributed by atoms with Gasteiger partial charge >= 0.3 is 0 Å². The summed E-state index contributed by atoms with van der Waals surface area (Å²) < 4.78 is 5.73. The number of aryl methyl sites for hydroxylation is 1. The molecule has 1 saturated heterocycles. The minimum Gasteiger partial charge on any atom is -0.492 e. The van der Waals surface area contributed by atoms with Gasteiger partial charge < -0.3 is 10.1 Å². The molecule has 2 nitrogen and oxygen atoms in total. The molecule has 0 saturated carbocycles. The van der Waals surface area contributed by atoms with Crippen LogP contribution in [0.15, 0.2) is 24.3 Å². The summed E-state index contributed by atoms with van der Waals surface area (Å²) in [6.45, 7) is 4.10. The predicted molar refractivity (Wildman–Crippen MR) is 62.3 cm³/mol. The van der Waals surface area contributed by atoms with Gasteiger partial charge in [0.05, 0.1) is 0 Å². The average Bonchev–Trinajstić information content (AvgIpc) is 2.80. The van der Waals surface area contributed by atoms with Crippen LogP contribution in [0.4, 0.5) is 0 Å². The van der Waals surface area contributed by atoms with E-state index in [2.05, 4.69) is 36.5 Å². The first-order chi connectivity index (χ1) is 7.38. The summed E-state index contributed by atoms with van der Waals surface area (Å²) in [5, 5.41) is 3.42. The molecule has 1 aromatic carbocycles. The largest absolute Gasteiger partial charge is 0.492 e. The van der Waals surface area contributed by atoms with Crippen molar-refractivity contribution < 1.29 is 4.74 Å². The van der Waals surface area contributed by atoms with Crippen molar-refractivity contribution in [1.82, 2.24) is 5.32 Å². The molecule has 1 aromatic rings. The summed E-state index contributed by atoms with van der Waals surface area (Å²) in [7, 11) is 0. The van der Waals surface area contributed by atoms with E-state index >= 15 is 0 Å². The summed E-state index contributed by atoms with van der Waals surface area (Å²) in [6, 6.07) is 8.95. The minimum atomic E-state index is 0.552. The molecule has 2 heteroatoms. The van der Waals surface area contributed by atoms with Gasteiger partial charge in [0.25, 0.3) is 0 Å². The maximum Gasteiger partial charge on any atom is 0.119 e. The van der Waals surface area contributed by atoms with E-state index in [0.29, 0.717) is 6.04 Å². The lowest BCUT2D eigenvalue weighted by molar-refractivity contribution is 0.277.